The fourth-order valence-corrected chi connectivity index (χ4v) is 4.28. The summed E-state index contributed by atoms with van der Waals surface area (Å²) < 4.78 is 40.6. The molecule has 2 bridgehead atoms. The first kappa shape index (κ1) is 22.1. The lowest BCUT2D eigenvalue weighted by atomic mass is 10.2. The van der Waals surface area contributed by atoms with Gasteiger partial charge in [0.15, 0.2) is 5.65 Å². The molecule has 1 amide bonds. The quantitative estimate of drug-likeness (QED) is 0.552. The Balaban J connectivity index is 1.26. The van der Waals surface area contributed by atoms with Gasteiger partial charge < -0.3 is 20.3 Å². The number of hydrogen-bond donors (Lipinski definition) is 2. The van der Waals surface area contributed by atoms with E-state index in [-0.39, 0.29) is 5.75 Å². The number of ether oxygens (including phenoxy) is 1. The van der Waals surface area contributed by atoms with Gasteiger partial charge in [-0.15, -0.1) is 13.2 Å². The second kappa shape index (κ2) is 8.56. The maximum absolute atomic E-state index is 12.3. The molecular formula is C23H21F3N6O2. The Hall–Kier alpha value is -3.73. The number of piperazine rings is 1. The molecule has 2 saturated heterocycles. The highest BCUT2D eigenvalue weighted by Gasteiger charge is 2.39. The van der Waals surface area contributed by atoms with Crippen molar-refractivity contribution in [3.8, 4) is 5.75 Å². The predicted octanol–water partition coefficient (Wildman–Crippen LogP) is 3.43. The van der Waals surface area contributed by atoms with Gasteiger partial charge >= 0.3 is 6.36 Å². The molecule has 0 saturated carbocycles. The van der Waals surface area contributed by atoms with Gasteiger partial charge in [0.1, 0.15) is 5.75 Å². The van der Waals surface area contributed by atoms with Gasteiger partial charge in [-0.25, -0.2) is 9.97 Å². The number of benzene rings is 1. The lowest BCUT2D eigenvalue weighted by molar-refractivity contribution is -0.274. The van der Waals surface area contributed by atoms with Crippen LogP contribution in [0.15, 0.2) is 42.6 Å². The summed E-state index contributed by atoms with van der Waals surface area (Å²) in [5, 5.41) is 6.93. The Labute approximate surface area is 192 Å². The van der Waals surface area contributed by atoms with Gasteiger partial charge in [0.2, 0.25) is 11.9 Å². The summed E-state index contributed by atoms with van der Waals surface area (Å²) in [6, 6.07) is 7.85. The molecule has 0 spiro atoms. The minimum absolute atomic E-state index is 0.328. The molecule has 2 aromatic heterocycles. The first-order valence-electron chi connectivity index (χ1n) is 10.7. The Morgan fingerprint density at radius 2 is 2.06 bits per heavy atom. The molecule has 176 valence electrons. The van der Waals surface area contributed by atoms with Gasteiger partial charge in [0.25, 0.3) is 0 Å². The van der Waals surface area contributed by atoms with Gasteiger partial charge in [-0.1, -0.05) is 12.1 Å². The van der Waals surface area contributed by atoms with Crippen LogP contribution >= 0.6 is 0 Å². The zero-order valence-corrected chi connectivity index (χ0v) is 18.1. The van der Waals surface area contributed by atoms with Crippen LogP contribution in [0.25, 0.3) is 17.1 Å². The van der Waals surface area contributed by atoms with E-state index < -0.39 is 12.3 Å². The number of hydrogen-bond acceptors (Lipinski definition) is 7. The third kappa shape index (κ3) is 4.79. The van der Waals surface area contributed by atoms with E-state index in [4.69, 9.17) is 0 Å². The molecule has 2 unspecified atom stereocenters. The Morgan fingerprint density at radius 3 is 2.74 bits per heavy atom. The van der Waals surface area contributed by atoms with Crippen molar-refractivity contribution in [3.63, 3.8) is 0 Å². The number of pyridine rings is 1. The number of amides is 1. The third-order valence-electron chi connectivity index (χ3n) is 5.85. The van der Waals surface area contributed by atoms with Crippen LogP contribution < -0.4 is 20.3 Å². The molecule has 4 heterocycles. The average molecular weight is 470 g/mol. The predicted molar refractivity (Wildman–Crippen MR) is 120 cm³/mol. The minimum atomic E-state index is -4.75. The highest BCUT2D eigenvalue weighted by molar-refractivity contribution is 6.02. The Bertz CT molecular complexity index is 1260. The molecule has 1 aromatic carbocycles. The van der Waals surface area contributed by atoms with E-state index in [2.05, 4.69) is 35.2 Å². The van der Waals surface area contributed by atoms with E-state index in [9.17, 15) is 18.0 Å². The molecular weight excluding hydrogens is 449 g/mol. The molecule has 2 aliphatic rings. The van der Waals surface area contributed by atoms with Crippen LogP contribution in [0.5, 0.6) is 5.75 Å². The van der Waals surface area contributed by atoms with E-state index in [1.165, 1.54) is 42.6 Å². The van der Waals surface area contributed by atoms with Gasteiger partial charge in [0, 0.05) is 36.6 Å². The molecule has 0 aliphatic carbocycles. The van der Waals surface area contributed by atoms with Crippen molar-refractivity contribution in [1.29, 1.82) is 0 Å². The third-order valence-corrected chi connectivity index (χ3v) is 5.85. The van der Waals surface area contributed by atoms with Gasteiger partial charge in [-0.05, 0) is 43.2 Å². The summed E-state index contributed by atoms with van der Waals surface area (Å²) in [4.78, 5) is 28.2. The number of aromatic nitrogens is 3. The SMILES string of the molecule is Cc1nc(N2CC3CC2CN3)nc2ncc(NC(=O)/C=C/c3ccc(OC(F)(F)F)cc3)cc12. The molecule has 34 heavy (non-hydrogen) atoms. The summed E-state index contributed by atoms with van der Waals surface area (Å²) in [6.07, 6.45) is 0.650. The molecule has 2 fully saturated rings. The van der Waals surface area contributed by atoms with E-state index in [1.54, 1.807) is 6.07 Å². The maximum Gasteiger partial charge on any atom is 0.573 e. The zero-order chi connectivity index (χ0) is 23.9. The highest BCUT2D eigenvalue weighted by atomic mass is 19.4. The van der Waals surface area contributed by atoms with Crippen molar-refractivity contribution in [3.05, 3.63) is 53.9 Å². The summed E-state index contributed by atoms with van der Waals surface area (Å²) in [6.45, 7) is 3.70. The topological polar surface area (TPSA) is 92.3 Å². The lowest BCUT2D eigenvalue weighted by Gasteiger charge is -2.27. The number of aryl methyl sites for hydroxylation is 1. The largest absolute Gasteiger partial charge is 0.573 e. The second-order valence-electron chi connectivity index (χ2n) is 8.29. The molecule has 2 aliphatic heterocycles. The van der Waals surface area contributed by atoms with Crippen LogP contribution in [0, 0.1) is 6.92 Å². The van der Waals surface area contributed by atoms with Gasteiger partial charge in [-0.2, -0.15) is 4.98 Å². The van der Waals surface area contributed by atoms with E-state index >= 15 is 0 Å². The van der Waals surface area contributed by atoms with E-state index in [1.807, 2.05) is 6.92 Å². The number of alkyl halides is 3. The fourth-order valence-electron chi connectivity index (χ4n) is 4.28. The molecule has 2 N–H and O–H groups in total. The van der Waals surface area contributed by atoms with Crippen LogP contribution in [0.1, 0.15) is 17.7 Å². The summed E-state index contributed by atoms with van der Waals surface area (Å²) in [5.41, 5.74) is 2.37. The summed E-state index contributed by atoms with van der Waals surface area (Å²) in [7, 11) is 0. The molecule has 11 heteroatoms. The van der Waals surface area contributed by atoms with E-state index in [0.29, 0.717) is 34.9 Å². The fraction of sp³-hybridized carbons (Fsp3) is 0.304. The maximum atomic E-state index is 12.3. The molecule has 2 atom stereocenters. The van der Waals surface area contributed by atoms with E-state index in [0.717, 1.165) is 30.6 Å². The number of carbonyl (C=O) groups is 1. The molecule has 8 nitrogen and oxygen atoms in total. The average Bonchev–Trinajstić information content (AvgIpc) is 3.42. The first-order valence-corrected chi connectivity index (χ1v) is 10.7. The van der Waals surface area contributed by atoms with Gasteiger partial charge in [-0.3, -0.25) is 4.79 Å². The molecule has 3 aromatic rings. The Morgan fingerprint density at radius 1 is 1.26 bits per heavy atom. The lowest BCUT2D eigenvalue weighted by Crippen LogP contribution is -2.44. The first-order chi connectivity index (χ1) is 16.2. The molecule has 5 rings (SSSR count). The number of carbonyl (C=O) groups excluding carboxylic acids is 1. The van der Waals surface area contributed by atoms with Crippen molar-refractivity contribution in [2.75, 3.05) is 23.3 Å². The smallest absolute Gasteiger partial charge is 0.406 e. The van der Waals surface area contributed by atoms with Crippen molar-refractivity contribution in [2.45, 2.75) is 31.8 Å². The van der Waals surface area contributed by atoms with Crippen LogP contribution in [-0.4, -0.2) is 52.4 Å². The number of rotatable bonds is 5. The van der Waals surface area contributed by atoms with Crippen LogP contribution in [0.3, 0.4) is 0 Å². The van der Waals surface area contributed by atoms with Crippen molar-refractivity contribution in [2.24, 2.45) is 0 Å². The zero-order valence-electron chi connectivity index (χ0n) is 18.1. The molecule has 0 radical (unpaired) electrons. The Kier molecular flexibility index (Phi) is 5.56. The highest BCUT2D eigenvalue weighted by Crippen LogP contribution is 2.29. The summed E-state index contributed by atoms with van der Waals surface area (Å²) in [5.74, 6) is -0.0589. The number of fused-ring (bicyclic) bond motifs is 3. The number of nitrogens with one attached hydrogen (secondary N) is 2. The van der Waals surface area contributed by atoms with Crippen LogP contribution in [0.2, 0.25) is 0 Å². The number of nitrogens with zero attached hydrogens (tertiary/aromatic N) is 4. The van der Waals surface area contributed by atoms with Crippen molar-refractivity contribution in [1.82, 2.24) is 20.3 Å². The van der Waals surface area contributed by atoms with Crippen LogP contribution in [0.4, 0.5) is 24.8 Å². The van der Waals surface area contributed by atoms with Crippen molar-refractivity contribution < 1.29 is 22.7 Å². The van der Waals surface area contributed by atoms with Crippen LogP contribution in [-0.2, 0) is 4.79 Å². The minimum Gasteiger partial charge on any atom is -0.406 e. The normalized spacial score (nSPS) is 19.8. The van der Waals surface area contributed by atoms with Crippen molar-refractivity contribution >= 4 is 34.7 Å². The number of anilines is 2. The number of halogens is 3. The second-order valence-corrected chi connectivity index (χ2v) is 8.29. The summed E-state index contributed by atoms with van der Waals surface area (Å²) >= 11 is 0. The standard InChI is InChI=1S/C23H21F3N6O2/c1-13-19-9-15(10-28-21(19)31-22(29-13)32-12-16-8-17(32)11-27-16)30-20(33)7-4-14-2-5-18(6-3-14)34-23(24,25)26/h2-7,9-10,16-17,27H,8,11-12H2,1H3,(H,30,33)/b7-4+. The van der Waals surface area contributed by atoms with Gasteiger partial charge in [0.05, 0.1) is 17.6 Å². The monoisotopic (exact) mass is 470 g/mol.